The van der Waals surface area contributed by atoms with E-state index in [1.807, 2.05) is 12.1 Å². The van der Waals surface area contributed by atoms with E-state index in [1.54, 1.807) is 7.11 Å². The summed E-state index contributed by atoms with van der Waals surface area (Å²) < 4.78 is 10.5. The second-order valence-electron chi connectivity index (χ2n) is 6.50. The highest BCUT2D eigenvalue weighted by Gasteiger charge is 2.34. The Balaban J connectivity index is 1.74. The molecular weight excluding hydrogens is 278 g/mol. The number of hydrogen-bond donors (Lipinski definition) is 2. The fourth-order valence-corrected chi connectivity index (χ4v) is 3.03. The molecule has 0 saturated heterocycles. The van der Waals surface area contributed by atoms with Crippen molar-refractivity contribution in [3.05, 3.63) is 29.8 Å². The first kappa shape index (κ1) is 17.3. The molecule has 2 unspecified atom stereocenters. The van der Waals surface area contributed by atoms with Gasteiger partial charge in [-0.3, -0.25) is 0 Å². The first-order valence-corrected chi connectivity index (χ1v) is 8.23. The van der Waals surface area contributed by atoms with Gasteiger partial charge in [-0.05, 0) is 30.5 Å². The van der Waals surface area contributed by atoms with Crippen molar-refractivity contribution in [2.24, 2.45) is 5.41 Å². The topological polar surface area (TPSA) is 50.7 Å². The van der Waals surface area contributed by atoms with Crippen molar-refractivity contribution in [2.75, 3.05) is 26.9 Å². The summed E-state index contributed by atoms with van der Waals surface area (Å²) in [7, 11) is 1.67. The van der Waals surface area contributed by atoms with Crippen LogP contribution in [-0.2, 0) is 11.3 Å². The third-order valence-corrected chi connectivity index (χ3v) is 4.62. The predicted octanol–water partition coefficient (Wildman–Crippen LogP) is 2.74. The molecule has 4 nitrogen and oxygen atoms in total. The minimum atomic E-state index is -0.176. The fourth-order valence-electron chi connectivity index (χ4n) is 3.03. The van der Waals surface area contributed by atoms with Crippen molar-refractivity contribution in [1.29, 1.82) is 0 Å². The van der Waals surface area contributed by atoms with Gasteiger partial charge < -0.3 is 19.9 Å². The van der Waals surface area contributed by atoms with Crippen molar-refractivity contribution < 1.29 is 14.6 Å². The molecule has 0 amide bonds. The Bertz CT molecular complexity index is 434. The van der Waals surface area contributed by atoms with E-state index in [2.05, 4.69) is 24.4 Å². The SMILES string of the molecule is COCCOc1ccc(CNCC2(C)CCCCC2O)cc1. The van der Waals surface area contributed by atoms with E-state index in [1.165, 1.54) is 12.0 Å². The minimum Gasteiger partial charge on any atom is -0.491 e. The molecule has 1 saturated carbocycles. The zero-order chi connectivity index (χ0) is 15.8. The zero-order valence-corrected chi connectivity index (χ0v) is 13.8. The van der Waals surface area contributed by atoms with Gasteiger partial charge in [0.2, 0.25) is 0 Å². The molecule has 0 radical (unpaired) electrons. The molecule has 0 bridgehead atoms. The Hall–Kier alpha value is -1.10. The van der Waals surface area contributed by atoms with Gasteiger partial charge in [0.05, 0.1) is 12.7 Å². The van der Waals surface area contributed by atoms with Crippen molar-refractivity contribution in [3.63, 3.8) is 0 Å². The second kappa shape index (κ2) is 8.51. The first-order chi connectivity index (χ1) is 10.6. The number of ether oxygens (including phenoxy) is 2. The summed E-state index contributed by atoms with van der Waals surface area (Å²) in [4.78, 5) is 0. The highest BCUT2D eigenvalue weighted by molar-refractivity contribution is 5.27. The van der Waals surface area contributed by atoms with Crippen LogP contribution < -0.4 is 10.1 Å². The Morgan fingerprint density at radius 2 is 2.00 bits per heavy atom. The molecule has 2 N–H and O–H groups in total. The minimum absolute atomic E-state index is 0.0153. The lowest BCUT2D eigenvalue weighted by atomic mass is 9.73. The Morgan fingerprint density at radius 1 is 1.23 bits per heavy atom. The maximum absolute atomic E-state index is 10.2. The molecule has 4 heteroatoms. The van der Waals surface area contributed by atoms with E-state index in [-0.39, 0.29) is 11.5 Å². The summed E-state index contributed by atoms with van der Waals surface area (Å²) in [5, 5.41) is 13.7. The van der Waals surface area contributed by atoms with Crippen molar-refractivity contribution >= 4 is 0 Å². The van der Waals surface area contributed by atoms with E-state index in [0.717, 1.165) is 38.1 Å². The highest BCUT2D eigenvalue weighted by atomic mass is 16.5. The van der Waals surface area contributed by atoms with Crippen LogP contribution in [0.4, 0.5) is 0 Å². The van der Waals surface area contributed by atoms with Crippen LogP contribution in [0.1, 0.15) is 38.2 Å². The Morgan fingerprint density at radius 3 is 2.68 bits per heavy atom. The number of benzene rings is 1. The molecule has 1 aromatic carbocycles. The van der Waals surface area contributed by atoms with Gasteiger partial charge >= 0.3 is 0 Å². The largest absolute Gasteiger partial charge is 0.491 e. The summed E-state index contributed by atoms with van der Waals surface area (Å²) in [5.41, 5.74) is 1.24. The first-order valence-electron chi connectivity index (χ1n) is 8.23. The number of rotatable bonds is 8. The molecule has 0 aliphatic heterocycles. The summed E-state index contributed by atoms with van der Waals surface area (Å²) in [6.07, 6.45) is 4.24. The second-order valence-corrected chi connectivity index (χ2v) is 6.50. The molecule has 0 heterocycles. The maximum Gasteiger partial charge on any atom is 0.119 e. The van der Waals surface area contributed by atoms with E-state index in [4.69, 9.17) is 9.47 Å². The molecule has 1 fully saturated rings. The van der Waals surface area contributed by atoms with Crippen molar-refractivity contribution in [3.8, 4) is 5.75 Å². The maximum atomic E-state index is 10.2. The standard InChI is InChI=1S/C18H29NO3/c1-18(10-4-3-5-17(18)20)14-19-13-15-6-8-16(9-7-15)22-12-11-21-2/h6-9,17,19-20H,3-5,10-14H2,1-2H3. The van der Waals surface area contributed by atoms with Gasteiger partial charge in [-0.2, -0.15) is 0 Å². The lowest BCUT2D eigenvalue weighted by molar-refractivity contribution is 0.00115. The van der Waals surface area contributed by atoms with E-state index in [9.17, 15) is 5.11 Å². The van der Waals surface area contributed by atoms with Crippen LogP contribution in [0.2, 0.25) is 0 Å². The monoisotopic (exact) mass is 307 g/mol. The van der Waals surface area contributed by atoms with Crippen molar-refractivity contribution in [1.82, 2.24) is 5.32 Å². The van der Waals surface area contributed by atoms with Gasteiger partial charge in [-0.15, -0.1) is 0 Å². The van der Waals surface area contributed by atoms with Crippen LogP contribution in [0.25, 0.3) is 0 Å². The molecule has 0 aromatic heterocycles. The molecule has 1 aromatic rings. The number of methoxy groups -OCH3 is 1. The van der Waals surface area contributed by atoms with Gasteiger partial charge in [-0.1, -0.05) is 31.9 Å². The number of aliphatic hydroxyl groups is 1. The van der Waals surface area contributed by atoms with Gasteiger partial charge in [0.15, 0.2) is 0 Å². The van der Waals surface area contributed by atoms with Crippen molar-refractivity contribution in [2.45, 2.75) is 45.3 Å². The summed E-state index contributed by atoms with van der Waals surface area (Å²) >= 11 is 0. The van der Waals surface area contributed by atoms with Crippen LogP contribution in [0.5, 0.6) is 5.75 Å². The molecule has 2 rings (SSSR count). The Kier molecular flexibility index (Phi) is 6.68. The van der Waals surface area contributed by atoms with Gasteiger partial charge in [0.25, 0.3) is 0 Å². The number of aliphatic hydroxyl groups excluding tert-OH is 1. The lowest BCUT2D eigenvalue weighted by Gasteiger charge is -2.38. The van der Waals surface area contributed by atoms with Crippen LogP contribution in [0.15, 0.2) is 24.3 Å². The van der Waals surface area contributed by atoms with Gasteiger partial charge in [-0.25, -0.2) is 0 Å². The smallest absolute Gasteiger partial charge is 0.119 e. The molecule has 22 heavy (non-hydrogen) atoms. The lowest BCUT2D eigenvalue weighted by Crippen LogP contribution is -2.43. The fraction of sp³-hybridized carbons (Fsp3) is 0.667. The molecule has 124 valence electrons. The summed E-state index contributed by atoms with van der Waals surface area (Å²) in [5.74, 6) is 0.871. The van der Waals surface area contributed by atoms with Gasteiger partial charge in [0, 0.05) is 25.6 Å². The molecule has 1 aliphatic carbocycles. The highest BCUT2D eigenvalue weighted by Crippen LogP contribution is 2.35. The zero-order valence-electron chi connectivity index (χ0n) is 13.8. The summed E-state index contributed by atoms with van der Waals surface area (Å²) in [6, 6.07) is 8.14. The molecule has 2 atom stereocenters. The van der Waals surface area contributed by atoms with E-state index >= 15 is 0 Å². The van der Waals surface area contributed by atoms with Gasteiger partial charge in [0.1, 0.15) is 12.4 Å². The third-order valence-electron chi connectivity index (χ3n) is 4.62. The Labute approximate surface area is 133 Å². The summed E-state index contributed by atoms with van der Waals surface area (Å²) in [6.45, 7) is 5.05. The average molecular weight is 307 g/mol. The average Bonchev–Trinajstić information content (AvgIpc) is 2.52. The van der Waals surface area contributed by atoms with Crippen LogP contribution in [0.3, 0.4) is 0 Å². The normalized spacial score (nSPS) is 25.1. The third kappa shape index (κ3) is 4.97. The number of nitrogens with one attached hydrogen (secondary N) is 1. The predicted molar refractivity (Wildman–Crippen MR) is 88.1 cm³/mol. The van der Waals surface area contributed by atoms with Crippen LogP contribution in [0, 0.1) is 5.41 Å². The van der Waals surface area contributed by atoms with E-state index in [0.29, 0.717) is 13.2 Å². The molecule has 0 spiro atoms. The van der Waals surface area contributed by atoms with Crippen LogP contribution >= 0.6 is 0 Å². The van der Waals surface area contributed by atoms with Crippen LogP contribution in [-0.4, -0.2) is 38.1 Å². The molecular formula is C18H29NO3. The number of hydrogen-bond acceptors (Lipinski definition) is 4. The molecule has 1 aliphatic rings. The van der Waals surface area contributed by atoms with E-state index < -0.39 is 0 Å². The quantitative estimate of drug-likeness (QED) is 0.725.